The van der Waals surface area contributed by atoms with Gasteiger partial charge in [0.05, 0.1) is 22.0 Å². The summed E-state index contributed by atoms with van der Waals surface area (Å²) in [5.74, 6) is -1.75. The fraction of sp³-hybridized carbons (Fsp3) is 0.231. The van der Waals surface area contributed by atoms with Crippen molar-refractivity contribution < 1.29 is 22.4 Å². The van der Waals surface area contributed by atoms with Crippen molar-refractivity contribution in [1.82, 2.24) is 10.2 Å². The minimum Gasteiger partial charge on any atom is -0.357 e. The lowest BCUT2D eigenvalue weighted by molar-refractivity contribution is -0.139. The van der Waals surface area contributed by atoms with Gasteiger partial charge in [-0.15, -0.1) is 0 Å². The zero-order valence-corrected chi connectivity index (χ0v) is 22.5. The Hall–Kier alpha value is -3.14. The molecule has 196 valence electrons. The van der Waals surface area contributed by atoms with Crippen molar-refractivity contribution in [2.75, 3.05) is 24.2 Å². The van der Waals surface area contributed by atoms with Gasteiger partial charge >= 0.3 is 0 Å². The molecule has 0 saturated carbocycles. The maximum atomic E-state index is 13.9. The van der Waals surface area contributed by atoms with Crippen molar-refractivity contribution in [3.63, 3.8) is 0 Å². The van der Waals surface area contributed by atoms with Crippen LogP contribution in [0.3, 0.4) is 0 Å². The van der Waals surface area contributed by atoms with Gasteiger partial charge in [0, 0.05) is 20.0 Å². The average molecular weight is 566 g/mol. The van der Waals surface area contributed by atoms with E-state index in [4.69, 9.17) is 23.2 Å². The molecule has 1 N–H and O–H groups in total. The SMILES string of the molecule is CNC(=O)[C@@H](Cc1ccccc1)N(Cc1ccc(Cl)c(Cl)c1)C(=O)CN(c1cccc(F)c1)S(C)(=O)=O. The number of hydrogen-bond donors (Lipinski definition) is 1. The predicted octanol–water partition coefficient (Wildman–Crippen LogP) is 4.28. The molecule has 3 aromatic rings. The van der Waals surface area contributed by atoms with Gasteiger partial charge in [-0.3, -0.25) is 13.9 Å². The molecule has 0 aliphatic heterocycles. The Bertz CT molecular complexity index is 1370. The molecule has 1 atom stereocenters. The Morgan fingerprint density at radius 1 is 0.946 bits per heavy atom. The monoisotopic (exact) mass is 565 g/mol. The Balaban J connectivity index is 2.04. The minimum atomic E-state index is -3.98. The predicted molar refractivity (Wildman–Crippen MR) is 144 cm³/mol. The van der Waals surface area contributed by atoms with Gasteiger partial charge < -0.3 is 10.2 Å². The number of carbonyl (C=O) groups excluding carboxylic acids is 2. The summed E-state index contributed by atoms with van der Waals surface area (Å²) in [4.78, 5) is 28.1. The van der Waals surface area contributed by atoms with Crippen LogP contribution in [0, 0.1) is 5.82 Å². The Morgan fingerprint density at radius 2 is 1.65 bits per heavy atom. The van der Waals surface area contributed by atoms with Gasteiger partial charge in [-0.25, -0.2) is 12.8 Å². The second-order valence-electron chi connectivity index (χ2n) is 8.34. The summed E-state index contributed by atoms with van der Waals surface area (Å²) in [6.45, 7) is -0.701. The number of anilines is 1. The number of carbonyl (C=O) groups is 2. The fourth-order valence-electron chi connectivity index (χ4n) is 3.80. The van der Waals surface area contributed by atoms with Gasteiger partial charge in [0.1, 0.15) is 18.4 Å². The molecular weight excluding hydrogens is 540 g/mol. The van der Waals surface area contributed by atoms with Gasteiger partial charge in [-0.05, 0) is 41.5 Å². The molecule has 0 spiro atoms. The van der Waals surface area contributed by atoms with Gasteiger partial charge in [-0.1, -0.05) is 65.7 Å². The van der Waals surface area contributed by atoms with Crippen molar-refractivity contribution in [3.8, 4) is 0 Å². The zero-order chi connectivity index (χ0) is 27.2. The first-order valence-corrected chi connectivity index (χ1v) is 13.8. The van der Waals surface area contributed by atoms with E-state index in [2.05, 4.69) is 5.32 Å². The summed E-state index contributed by atoms with van der Waals surface area (Å²) in [5, 5.41) is 3.18. The van der Waals surface area contributed by atoms with E-state index in [1.54, 1.807) is 18.2 Å². The highest BCUT2D eigenvalue weighted by molar-refractivity contribution is 7.92. The van der Waals surface area contributed by atoms with Crippen molar-refractivity contribution in [2.45, 2.75) is 19.0 Å². The van der Waals surface area contributed by atoms with Crippen LogP contribution >= 0.6 is 23.2 Å². The lowest BCUT2D eigenvalue weighted by atomic mass is 10.0. The second-order valence-corrected chi connectivity index (χ2v) is 11.1. The number of nitrogens with one attached hydrogen (secondary N) is 1. The lowest BCUT2D eigenvalue weighted by Crippen LogP contribution is -2.52. The van der Waals surface area contributed by atoms with Crippen LogP contribution in [0.2, 0.25) is 10.0 Å². The fourth-order valence-corrected chi connectivity index (χ4v) is 4.96. The Kier molecular flexibility index (Phi) is 9.53. The number of amides is 2. The molecule has 0 aliphatic rings. The topological polar surface area (TPSA) is 86.8 Å². The van der Waals surface area contributed by atoms with Gasteiger partial charge in [-0.2, -0.15) is 0 Å². The van der Waals surface area contributed by atoms with Crippen LogP contribution in [0.1, 0.15) is 11.1 Å². The minimum absolute atomic E-state index is 0.00936. The Labute approximate surface area is 225 Å². The van der Waals surface area contributed by atoms with Crippen LogP contribution in [0.4, 0.5) is 10.1 Å². The molecule has 0 aromatic heterocycles. The van der Waals surface area contributed by atoms with Gasteiger partial charge in [0.2, 0.25) is 21.8 Å². The first-order chi connectivity index (χ1) is 17.5. The molecular formula is C26H26Cl2FN3O4S. The number of hydrogen-bond acceptors (Lipinski definition) is 4. The van der Waals surface area contributed by atoms with Crippen LogP contribution < -0.4 is 9.62 Å². The van der Waals surface area contributed by atoms with E-state index in [0.29, 0.717) is 10.6 Å². The van der Waals surface area contributed by atoms with Crippen molar-refractivity contribution in [2.24, 2.45) is 0 Å². The molecule has 0 fully saturated rings. The van der Waals surface area contributed by atoms with Crippen molar-refractivity contribution in [3.05, 3.63) is 99.8 Å². The van der Waals surface area contributed by atoms with E-state index in [1.165, 1.54) is 30.1 Å². The standard InChI is InChI=1S/C26H26Cl2FN3O4S/c1-30-26(34)24(14-18-7-4-3-5-8-18)31(16-19-11-12-22(27)23(28)13-19)25(33)17-32(37(2,35)36)21-10-6-9-20(29)15-21/h3-13,15,24H,14,16-17H2,1-2H3,(H,30,34)/t24-/m1/s1. The smallest absolute Gasteiger partial charge is 0.244 e. The first-order valence-electron chi connectivity index (χ1n) is 11.2. The third-order valence-electron chi connectivity index (χ3n) is 5.63. The number of rotatable bonds is 10. The quantitative estimate of drug-likeness (QED) is 0.397. The molecule has 37 heavy (non-hydrogen) atoms. The summed E-state index contributed by atoms with van der Waals surface area (Å²) >= 11 is 12.2. The van der Waals surface area contributed by atoms with Crippen LogP contribution in [-0.4, -0.2) is 51.0 Å². The van der Waals surface area contributed by atoms with Crippen LogP contribution in [0.15, 0.2) is 72.8 Å². The molecule has 0 heterocycles. The molecule has 0 aliphatic carbocycles. The summed E-state index contributed by atoms with van der Waals surface area (Å²) in [5.41, 5.74) is 1.37. The van der Waals surface area contributed by atoms with Gasteiger partial charge in [0.25, 0.3) is 0 Å². The van der Waals surface area contributed by atoms with Crippen molar-refractivity contribution in [1.29, 1.82) is 0 Å². The van der Waals surface area contributed by atoms with Crippen molar-refractivity contribution >= 4 is 50.7 Å². The van der Waals surface area contributed by atoms with E-state index in [9.17, 15) is 22.4 Å². The van der Waals surface area contributed by atoms with Gasteiger partial charge in [0.15, 0.2) is 0 Å². The molecule has 11 heteroatoms. The maximum Gasteiger partial charge on any atom is 0.244 e. The highest BCUT2D eigenvalue weighted by Crippen LogP contribution is 2.25. The molecule has 3 rings (SSSR count). The molecule has 0 radical (unpaired) electrons. The third-order valence-corrected chi connectivity index (χ3v) is 7.51. The van der Waals surface area contributed by atoms with E-state index < -0.39 is 40.2 Å². The third kappa shape index (κ3) is 7.67. The number of sulfonamides is 1. The second kappa shape index (κ2) is 12.4. The molecule has 7 nitrogen and oxygen atoms in total. The summed E-state index contributed by atoms with van der Waals surface area (Å²) in [6.07, 6.45) is 1.10. The molecule has 0 saturated heterocycles. The lowest BCUT2D eigenvalue weighted by Gasteiger charge is -2.33. The largest absolute Gasteiger partial charge is 0.357 e. The van der Waals surface area contributed by atoms with E-state index >= 15 is 0 Å². The number of nitrogens with zero attached hydrogens (tertiary/aromatic N) is 2. The van der Waals surface area contributed by atoms with E-state index in [-0.39, 0.29) is 23.7 Å². The molecule has 0 unspecified atom stereocenters. The average Bonchev–Trinajstić information content (AvgIpc) is 2.86. The summed E-state index contributed by atoms with van der Waals surface area (Å²) < 4.78 is 39.9. The summed E-state index contributed by atoms with van der Waals surface area (Å²) in [7, 11) is -2.52. The zero-order valence-electron chi connectivity index (χ0n) is 20.2. The van der Waals surface area contributed by atoms with Crippen LogP contribution in [0.5, 0.6) is 0 Å². The van der Waals surface area contributed by atoms with E-state index in [1.807, 2.05) is 30.3 Å². The summed E-state index contributed by atoms with van der Waals surface area (Å²) in [6, 6.07) is 17.9. The normalized spacial score (nSPS) is 12.0. The van der Waals surface area contributed by atoms with Crippen LogP contribution in [-0.2, 0) is 32.6 Å². The number of benzene rings is 3. The highest BCUT2D eigenvalue weighted by atomic mass is 35.5. The highest BCUT2D eigenvalue weighted by Gasteiger charge is 2.32. The number of likely N-dealkylation sites (N-methyl/N-ethyl adjacent to an activating group) is 1. The maximum absolute atomic E-state index is 13.9. The molecule has 3 aromatic carbocycles. The van der Waals surface area contributed by atoms with Crippen LogP contribution in [0.25, 0.3) is 0 Å². The Morgan fingerprint density at radius 3 is 2.24 bits per heavy atom. The molecule has 0 bridgehead atoms. The number of halogens is 3. The first kappa shape index (κ1) is 28.4. The van der Waals surface area contributed by atoms with E-state index in [0.717, 1.165) is 22.2 Å². The molecule has 2 amide bonds.